The first-order valence-corrected chi connectivity index (χ1v) is 3.87. The van der Waals surface area contributed by atoms with E-state index < -0.39 is 0 Å². The number of aromatic nitrogens is 1. The summed E-state index contributed by atoms with van der Waals surface area (Å²) in [7, 11) is 0. The standard InChI is InChI=1S/C9H10N2O/c1-6(10)8-5-12-9-7(8)3-2-4-11-9/h2-6H,10H2,1H3. The molecule has 1 unspecified atom stereocenters. The summed E-state index contributed by atoms with van der Waals surface area (Å²) in [5.74, 6) is 0. The average Bonchev–Trinajstić information content (AvgIpc) is 2.47. The lowest BCUT2D eigenvalue weighted by Crippen LogP contribution is -2.03. The van der Waals surface area contributed by atoms with Gasteiger partial charge in [0.1, 0.15) is 0 Å². The van der Waals surface area contributed by atoms with E-state index in [1.54, 1.807) is 12.5 Å². The normalized spacial score (nSPS) is 13.5. The van der Waals surface area contributed by atoms with E-state index in [1.807, 2.05) is 19.1 Å². The summed E-state index contributed by atoms with van der Waals surface area (Å²) in [6.45, 7) is 1.93. The summed E-state index contributed by atoms with van der Waals surface area (Å²) in [6.07, 6.45) is 3.37. The predicted molar refractivity (Wildman–Crippen MR) is 46.6 cm³/mol. The van der Waals surface area contributed by atoms with Gasteiger partial charge in [0.05, 0.1) is 6.26 Å². The van der Waals surface area contributed by atoms with E-state index in [1.165, 1.54) is 0 Å². The Balaban J connectivity index is 2.70. The van der Waals surface area contributed by atoms with Gasteiger partial charge in [0.25, 0.3) is 0 Å². The van der Waals surface area contributed by atoms with Crippen LogP contribution in [0, 0.1) is 0 Å². The molecule has 2 N–H and O–H groups in total. The zero-order valence-corrected chi connectivity index (χ0v) is 6.82. The average molecular weight is 162 g/mol. The molecule has 2 aromatic heterocycles. The van der Waals surface area contributed by atoms with Crippen LogP contribution in [0.3, 0.4) is 0 Å². The van der Waals surface area contributed by atoms with Gasteiger partial charge >= 0.3 is 0 Å². The number of nitrogens with zero attached hydrogens (tertiary/aromatic N) is 1. The highest BCUT2D eigenvalue weighted by atomic mass is 16.3. The summed E-state index contributed by atoms with van der Waals surface area (Å²) < 4.78 is 5.22. The molecule has 0 saturated carbocycles. The molecule has 3 heteroatoms. The van der Waals surface area contributed by atoms with E-state index in [2.05, 4.69) is 4.98 Å². The quantitative estimate of drug-likeness (QED) is 0.696. The van der Waals surface area contributed by atoms with E-state index in [0.717, 1.165) is 10.9 Å². The molecule has 0 aromatic carbocycles. The Hall–Kier alpha value is -1.35. The molecule has 0 aliphatic carbocycles. The fraction of sp³-hybridized carbons (Fsp3) is 0.222. The van der Waals surface area contributed by atoms with Crippen molar-refractivity contribution < 1.29 is 4.42 Å². The van der Waals surface area contributed by atoms with Gasteiger partial charge < -0.3 is 10.2 Å². The fourth-order valence-corrected chi connectivity index (χ4v) is 1.24. The van der Waals surface area contributed by atoms with Gasteiger partial charge in [0.15, 0.2) is 0 Å². The lowest BCUT2D eigenvalue weighted by Gasteiger charge is -1.99. The zero-order chi connectivity index (χ0) is 8.55. The van der Waals surface area contributed by atoms with Crippen molar-refractivity contribution in [1.29, 1.82) is 0 Å². The lowest BCUT2D eigenvalue weighted by molar-refractivity contribution is 0.593. The minimum Gasteiger partial charge on any atom is -0.446 e. The van der Waals surface area contributed by atoms with Crippen LogP contribution in [-0.4, -0.2) is 4.98 Å². The minimum absolute atomic E-state index is 0.00421. The molecule has 0 bridgehead atoms. The molecule has 2 aromatic rings. The van der Waals surface area contributed by atoms with Gasteiger partial charge in [-0.25, -0.2) is 4.98 Å². The largest absolute Gasteiger partial charge is 0.446 e. The lowest BCUT2D eigenvalue weighted by atomic mass is 10.1. The molecule has 0 fully saturated rings. The highest BCUT2D eigenvalue weighted by molar-refractivity contribution is 5.77. The first-order valence-electron chi connectivity index (χ1n) is 3.87. The molecule has 0 aliphatic rings. The first-order chi connectivity index (χ1) is 5.79. The molecule has 3 nitrogen and oxygen atoms in total. The van der Waals surface area contributed by atoms with E-state index in [0.29, 0.717) is 5.71 Å². The van der Waals surface area contributed by atoms with E-state index in [4.69, 9.17) is 10.2 Å². The summed E-state index contributed by atoms with van der Waals surface area (Å²) in [5.41, 5.74) is 7.41. The van der Waals surface area contributed by atoms with Crippen LogP contribution in [0.2, 0.25) is 0 Å². The predicted octanol–water partition coefficient (Wildman–Crippen LogP) is 1.85. The van der Waals surface area contributed by atoms with E-state index in [-0.39, 0.29) is 6.04 Å². The second-order valence-corrected chi connectivity index (χ2v) is 2.84. The van der Waals surface area contributed by atoms with Gasteiger partial charge in [-0.2, -0.15) is 0 Å². The molecule has 2 rings (SSSR count). The SMILES string of the molecule is CC(N)c1coc2ncccc12. The molecule has 0 spiro atoms. The topological polar surface area (TPSA) is 52.0 Å². The molecule has 62 valence electrons. The van der Waals surface area contributed by atoms with Crippen molar-refractivity contribution >= 4 is 11.1 Å². The van der Waals surface area contributed by atoms with Crippen molar-refractivity contribution in [3.8, 4) is 0 Å². The summed E-state index contributed by atoms with van der Waals surface area (Å²) in [5, 5.41) is 1.01. The van der Waals surface area contributed by atoms with Crippen LogP contribution in [0.1, 0.15) is 18.5 Å². The zero-order valence-electron chi connectivity index (χ0n) is 6.82. The Morgan fingerprint density at radius 2 is 2.42 bits per heavy atom. The number of nitrogens with two attached hydrogens (primary N) is 1. The summed E-state index contributed by atoms with van der Waals surface area (Å²) in [6, 6.07) is 3.84. The van der Waals surface area contributed by atoms with Gasteiger partial charge in [-0.3, -0.25) is 0 Å². The van der Waals surface area contributed by atoms with Crippen molar-refractivity contribution in [2.24, 2.45) is 5.73 Å². The smallest absolute Gasteiger partial charge is 0.226 e. The molecular formula is C9H10N2O. The number of hydrogen-bond donors (Lipinski definition) is 1. The molecule has 12 heavy (non-hydrogen) atoms. The number of pyridine rings is 1. The first kappa shape index (κ1) is 7.31. The summed E-state index contributed by atoms with van der Waals surface area (Å²) in [4.78, 5) is 4.06. The Bertz CT molecular complexity index is 392. The van der Waals surface area contributed by atoms with Gasteiger partial charge in [-0.1, -0.05) is 0 Å². The Labute approximate surface area is 70.2 Å². The number of fused-ring (bicyclic) bond motifs is 1. The molecule has 2 heterocycles. The molecule has 1 atom stereocenters. The van der Waals surface area contributed by atoms with Crippen molar-refractivity contribution in [1.82, 2.24) is 4.98 Å². The van der Waals surface area contributed by atoms with Crippen molar-refractivity contribution in [2.75, 3.05) is 0 Å². The molecule has 0 amide bonds. The van der Waals surface area contributed by atoms with Crippen molar-refractivity contribution in [3.05, 3.63) is 30.2 Å². The highest BCUT2D eigenvalue weighted by Gasteiger charge is 2.08. The third-order valence-electron chi connectivity index (χ3n) is 1.87. The van der Waals surface area contributed by atoms with Crippen LogP contribution >= 0.6 is 0 Å². The molecule has 0 aliphatic heterocycles. The molecule has 0 saturated heterocycles. The molecular weight excluding hydrogens is 152 g/mol. The maximum atomic E-state index is 5.74. The van der Waals surface area contributed by atoms with E-state index in [9.17, 15) is 0 Å². The molecule has 0 radical (unpaired) electrons. The van der Waals surface area contributed by atoms with Gasteiger partial charge in [0, 0.05) is 23.2 Å². The third-order valence-corrected chi connectivity index (χ3v) is 1.87. The fourth-order valence-electron chi connectivity index (χ4n) is 1.24. The minimum atomic E-state index is -0.00421. The summed E-state index contributed by atoms with van der Waals surface area (Å²) >= 11 is 0. The van der Waals surface area contributed by atoms with Crippen LogP contribution in [0.15, 0.2) is 29.0 Å². The van der Waals surface area contributed by atoms with Gasteiger partial charge in [-0.05, 0) is 19.1 Å². The Morgan fingerprint density at radius 3 is 3.17 bits per heavy atom. The van der Waals surface area contributed by atoms with Gasteiger partial charge in [0.2, 0.25) is 5.71 Å². The monoisotopic (exact) mass is 162 g/mol. The van der Waals surface area contributed by atoms with Crippen molar-refractivity contribution in [2.45, 2.75) is 13.0 Å². The Morgan fingerprint density at radius 1 is 1.58 bits per heavy atom. The third kappa shape index (κ3) is 0.987. The van der Waals surface area contributed by atoms with E-state index >= 15 is 0 Å². The Kier molecular flexibility index (Phi) is 1.59. The maximum absolute atomic E-state index is 5.74. The highest BCUT2D eigenvalue weighted by Crippen LogP contribution is 2.22. The number of furan rings is 1. The second kappa shape index (κ2) is 2.60. The second-order valence-electron chi connectivity index (χ2n) is 2.84. The van der Waals surface area contributed by atoms with Crippen LogP contribution in [-0.2, 0) is 0 Å². The van der Waals surface area contributed by atoms with Crippen LogP contribution in [0.5, 0.6) is 0 Å². The number of hydrogen-bond acceptors (Lipinski definition) is 3. The maximum Gasteiger partial charge on any atom is 0.226 e. The van der Waals surface area contributed by atoms with Crippen LogP contribution in [0.25, 0.3) is 11.1 Å². The number of rotatable bonds is 1. The van der Waals surface area contributed by atoms with Crippen molar-refractivity contribution in [3.63, 3.8) is 0 Å². The van der Waals surface area contributed by atoms with Crippen LogP contribution < -0.4 is 5.73 Å². The van der Waals surface area contributed by atoms with Gasteiger partial charge in [-0.15, -0.1) is 0 Å². The van der Waals surface area contributed by atoms with Crippen LogP contribution in [0.4, 0.5) is 0 Å².